The lowest BCUT2D eigenvalue weighted by atomic mass is 10.2. The zero-order valence-electron chi connectivity index (χ0n) is 15.7. The predicted molar refractivity (Wildman–Crippen MR) is 99.7 cm³/mol. The van der Waals surface area contributed by atoms with Crippen LogP contribution < -0.4 is 4.80 Å². The van der Waals surface area contributed by atoms with E-state index in [1.165, 1.54) is 24.9 Å². The summed E-state index contributed by atoms with van der Waals surface area (Å²) in [5.74, 6) is -2.62. The average Bonchev–Trinajstić information content (AvgIpc) is 3.20. The topological polar surface area (TPSA) is 124 Å². The molecule has 29 heavy (non-hydrogen) atoms. The molecule has 11 heteroatoms. The molecule has 0 spiro atoms. The Morgan fingerprint density at radius 2 is 1.76 bits per heavy atom. The van der Waals surface area contributed by atoms with E-state index in [2.05, 4.69) is 4.99 Å². The van der Waals surface area contributed by atoms with Crippen LogP contribution in [-0.2, 0) is 35.2 Å². The summed E-state index contributed by atoms with van der Waals surface area (Å²) in [4.78, 5) is 64.4. The van der Waals surface area contributed by atoms with E-state index in [9.17, 15) is 24.0 Å². The predicted octanol–water partition coefficient (Wildman–Crippen LogP) is 0.239. The molecule has 1 aromatic heterocycles. The molecular weight excluding hydrogens is 402 g/mol. The average molecular weight is 419 g/mol. The molecule has 2 heterocycles. The first-order valence-electron chi connectivity index (χ1n) is 8.53. The fourth-order valence-electron chi connectivity index (χ4n) is 2.83. The number of ether oxygens (including phenoxy) is 2. The molecule has 1 aliphatic rings. The summed E-state index contributed by atoms with van der Waals surface area (Å²) >= 11 is 1.08. The van der Waals surface area contributed by atoms with Crippen molar-refractivity contribution in [3.05, 3.63) is 28.6 Å². The number of carbonyl (C=O) groups is 5. The van der Waals surface area contributed by atoms with Gasteiger partial charge in [-0.1, -0.05) is 11.3 Å². The Labute approximate surface area is 168 Å². The number of nitrogens with zero attached hydrogens (tertiary/aromatic N) is 3. The van der Waals surface area contributed by atoms with Crippen LogP contribution in [0.5, 0.6) is 0 Å². The van der Waals surface area contributed by atoms with Crippen molar-refractivity contribution < 1.29 is 33.4 Å². The van der Waals surface area contributed by atoms with Crippen LogP contribution in [0.25, 0.3) is 10.2 Å². The number of benzene rings is 1. The second kappa shape index (κ2) is 8.35. The van der Waals surface area contributed by atoms with Crippen LogP contribution in [0.15, 0.2) is 23.2 Å². The van der Waals surface area contributed by atoms with Crippen molar-refractivity contribution in [3.8, 4) is 0 Å². The van der Waals surface area contributed by atoms with E-state index in [0.29, 0.717) is 15.8 Å². The van der Waals surface area contributed by atoms with Crippen molar-refractivity contribution in [3.63, 3.8) is 0 Å². The normalized spacial score (nSPS) is 14.6. The lowest BCUT2D eigenvalue weighted by Crippen LogP contribution is -2.34. The van der Waals surface area contributed by atoms with Gasteiger partial charge in [0.05, 0.1) is 30.0 Å². The molecule has 0 aliphatic carbocycles. The van der Waals surface area contributed by atoms with Crippen molar-refractivity contribution in [2.75, 3.05) is 20.8 Å². The fourth-order valence-corrected chi connectivity index (χ4v) is 3.91. The van der Waals surface area contributed by atoms with Crippen LogP contribution in [0.3, 0.4) is 0 Å². The minimum absolute atomic E-state index is 0.0770. The van der Waals surface area contributed by atoms with E-state index in [0.717, 1.165) is 16.2 Å². The number of hydrogen-bond donors (Lipinski definition) is 0. The molecule has 0 atom stereocenters. The Kier molecular flexibility index (Phi) is 5.87. The zero-order chi connectivity index (χ0) is 21.1. The van der Waals surface area contributed by atoms with Crippen molar-refractivity contribution in [1.29, 1.82) is 0 Å². The highest BCUT2D eigenvalue weighted by molar-refractivity contribution is 7.16. The molecule has 0 N–H and O–H groups in total. The Bertz CT molecular complexity index is 1080. The molecule has 3 amide bonds. The molecule has 0 bridgehead atoms. The molecule has 1 aliphatic heterocycles. The van der Waals surface area contributed by atoms with Gasteiger partial charge in [-0.15, -0.1) is 0 Å². The van der Waals surface area contributed by atoms with Crippen LogP contribution >= 0.6 is 11.3 Å². The number of amides is 3. The Morgan fingerprint density at radius 3 is 2.38 bits per heavy atom. The van der Waals surface area contributed by atoms with Gasteiger partial charge in [0, 0.05) is 12.8 Å². The van der Waals surface area contributed by atoms with Gasteiger partial charge in [-0.25, -0.2) is 4.79 Å². The lowest BCUT2D eigenvalue weighted by molar-refractivity contribution is -0.142. The summed E-state index contributed by atoms with van der Waals surface area (Å²) in [5.41, 5.74) is 0.866. The third kappa shape index (κ3) is 4.24. The summed E-state index contributed by atoms with van der Waals surface area (Å²) in [6.07, 6.45) is 0.154. The highest BCUT2D eigenvalue weighted by Gasteiger charge is 2.30. The molecule has 2 aromatic rings. The molecule has 152 valence electrons. The molecule has 1 aromatic carbocycles. The highest BCUT2D eigenvalue weighted by Crippen LogP contribution is 2.20. The second-order valence-electron chi connectivity index (χ2n) is 6.10. The monoisotopic (exact) mass is 419 g/mol. The minimum Gasteiger partial charge on any atom is -0.468 e. The summed E-state index contributed by atoms with van der Waals surface area (Å²) in [5, 5.41) is 0. The maximum Gasteiger partial charge on any atom is 0.337 e. The summed E-state index contributed by atoms with van der Waals surface area (Å²) in [7, 11) is 2.50. The molecule has 1 fully saturated rings. The van der Waals surface area contributed by atoms with Crippen molar-refractivity contribution in [2.24, 2.45) is 4.99 Å². The quantitative estimate of drug-likeness (QED) is 0.502. The minimum atomic E-state index is -0.702. The van der Waals surface area contributed by atoms with Gasteiger partial charge in [0.15, 0.2) is 4.80 Å². The van der Waals surface area contributed by atoms with Crippen LogP contribution in [0.4, 0.5) is 0 Å². The van der Waals surface area contributed by atoms with E-state index >= 15 is 0 Å². The molecule has 10 nitrogen and oxygen atoms in total. The number of fused-ring (bicyclic) bond motifs is 1. The second-order valence-corrected chi connectivity index (χ2v) is 7.11. The van der Waals surface area contributed by atoms with Crippen molar-refractivity contribution in [1.82, 2.24) is 9.47 Å². The van der Waals surface area contributed by atoms with Crippen LogP contribution in [0, 0.1) is 0 Å². The standard InChI is InChI=1S/C18H17N3O7S/c1-27-16(25)9-20-11-4-3-10(17(26)28-2)7-12(11)29-18(20)19-13(22)8-21-14(23)5-6-15(21)24/h3-4,7H,5-6,8-9H2,1-2H3. The van der Waals surface area contributed by atoms with Crippen molar-refractivity contribution in [2.45, 2.75) is 19.4 Å². The number of esters is 2. The summed E-state index contributed by atoms with van der Waals surface area (Å²) in [6.45, 7) is -0.667. The zero-order valence-corrected chi connectivity index (χ0v) is 16.5. The first-order chi connectivity index (χ1) is 13.8. The largest absolute Gasteiger partial charge is 0.468 e. The summed E-state index contributed by atoms with van der Waals surface area (Å²) < 4.78 is 11.5. The molecular formula is C18H17N3O7S. The van der Waals surface area contributed by atoms with Crippen LogP contribution in [0.1, 0.15) is 23.2 Å². The van der Waals surface area contributed by atoms with Gasteiger partial charge < -0.3 is 14.0 Å². The Hall–Kier alpha value is -3.34. The molecule has 0 unspecified atom stereocenters. The van der Waals surface area contributed by atoms with E-state index in [1.54, 1.807) is 12.1 Å². The SMILES string of the molecule is COC(=O)Cn1c(=NC(=O)CN2C(=O)CCC2=O)sc2cc(C(=O)OC)ccc21. The van der Waals surface area contributed by atoms with E-state index in [4.69, 9.17) is 9.47 Å². The number of imide groups is 1. The lowest BCUT2D eigenvalue weighted by Gasteiger charge is -2.10. The van der Waals surface area contributed by atoms with Crippen molar-refractivity contribution >= 4 is 51.2 Å². The van der Waals surface area contributed by atoms with Gasteiger partial charge in [-0.2, -0.15) is 4.99 Å². The molecule has 3 rings (SSSR count). The number of rotatable bonds is 5. The van der Waals surface area contributed by atoms with Gasteiger partial charge in [-0.3, -0.25) is 24.1 Å². The number of likely N-dealkylation sites (tertiary alicyclic amines) is 1. The third-order valence-electron chi connectivity index (χ3n) is 4.29. The fraction of sp³-hybridized carbons (Fsp3) is 0.333. The molecule has 1 saturated heterocycles. The molecule has 0 saturated carbocycles. The Morgan fingerprint density at radius 1 is 1.07 bits per heavy atom. The van der Waals surface area contributed by atoms with Gasteiger partial charge in [0.1, 0.15) is 13.1 Å². The first-order valence-corrected chi connectivity index (χ1v) is 9.35. The number of methoxy groups -OCH3 is 2. The van der Waals surface area contributed by atoms with E-state index in [1.807, 2.05) is 0 Å². The van der Waals surface area contributed by atoms with Gasteiger partial charge in [0.2, 0.25) is 11.8 Å². The number of thiazole rings is 1. The number of carbonyl (C=O) groups excluding carboxylic acids is 5. The van der Waals surface area contributed by atoms with Gasteiger partial charge in [0.25, 0.3) is 5.91 Å². The number of aromatic nitrogens is 1. The first kappa shape index (κ1) is 20.4. The van der Waals surface area contributed by atoms with Crippen LogP contribution in [0.2, 0.25) is 0 Å². The van der Waals surface area contributed by atoms with E-state index in [-0.39, 0.29) is 24.2 Å². The van der Waals surface area contributed by atoms with Gasteiger partial charge >= 0.3 is 11.9 Å². The Balaban J connectivity index is 2.02. The molecule has 0 radical (unpaired) electrons. The highest BCUT2D eigenvalue weighted by atomic mass is 32.1. The van der Waals surface area contributed by atoms with E-state index < -0.39 is 36.2 Å². The maximum atomic E-state index is 12.4. The van der Waals surface area contributed by atoms with Gasteiger partial charge in [-0.05, 0) is 18.2 Å². The number of hydrogen-bond acceptors (Lipinski definition) is 8. The third-order valence-corrected chi connectivity index (χ3v) is 5.33. The smallest absolute Gasteiger partial charge is 0.337 e. The maximum absolute atomic E-state index is 12.4. The summed E-state index contributed by atoms with van der Waals surface area (Å²) in [6, 6.07) is 4.70. The van der Waals surface area contributed by atoms with Crippen LogP contribution in [-0.4, -0.2) is 59.9 Å².